The van der Waals surface area contributed by atoms with Crippen LogP contribution in [0.5, 0.6) is 0 Å². The number of carbonyl (C=O) groups excluding carboxylic acids is 2. The topological polar surface area (TPSA) is 55.4 Å². The van der Waals surface area contributed by atoms with Gasteiger partial charge in [0.15, 0.2) is 0 Å². The van der Waals surface area contributed by atoms with Gasteiger partial charge in [0.1, 0.15) is 23.7 Å². The summed E-state index contributed by atoms with van der Waals surface area (Å²) >= 11 is 0. The van der Waals surface area contributed by atoms with Gasteiger partial charge in [0.05, 0.1) is 0 Å². The molecule has 1 N–H and O–H groups in total. The third-order valence-corrected chi connectivity index (χ3v) is 2.05. The van der Waals surface area contributed by atoms with Gasteiger partial charge in [-0.2, -0.15) is 0 Å². The highest BCUT2D eigenvalue weighted by Gasteiger charge is 2.21. The van der Waals surface area contributed by atoms with Crippen molar-refractivity contribution < 1.29 is 18.7 Å². The molecule has 0 aliphatic heterocycles. The summed E-state index contributed by atoms with van der Waals surface area (Å²) in [6.07, 6.45) is -0.301. The summed E-state index contributed by atoms with van der Waals surface area (Å²) in [6, 6.07) is 4.70. The molecule has 0 fully saturated rings. The van der Waals surface area contributed by atoms with E-state index < -0.39 is 23.6 Å². The van der Waals surface area contributed by atoms with E-state index in [2.05, 4.69) is 5.32 Å². The maximum Gasteiger partial charge on any atom is 0.408 e. The molecule has 18 heavy (non-hydrogen) atoms. The summed E-state index contributed by atoms with van der Waals surface area (Å²) in [6.45, 7) is 5.10. The van der Waals surface area contributed by atoms with Crippen molar-refractivity contribution in [1.82, 2.24) is 5.32 Å². The van der Waals surface area contributed by atoms with E-state index in [1.54, 1.807) is 26.8 Å². The third kappa shape index (κ3) is 4.16. The van der Waals surface area contributed by atoms with Gasteiger partial charge in [-0.25, -0.2) is 9.18 Å². The molecule has 1 aromatic rings. The Morgan fingerprint density at radius 2 is 2.00 bits per heavy atom. The summed E-state index contributed by atoms with van der Waals surface area (Å²) in [5, 5.41) is 2.31. The molecular weight excluding hydrogens is 237 g/mol. The second kappa shape index (κ2) is 5.62. The Morgan fingerprint density at radius 1 is 1.39 bits per heavy atom. The van der Waals surface area contributed by atoms with Gasteiger partial charge in [-0.3, -0.25) is 0 Å². The molecule has 0 aliphatic carbocycles. The average molecular weight is 253 g/mol. The first-order valence-electron chi connectivity index (χ1n) is 5.53. The number of hydrogen-bond acceptors (Lipinski definition) is 3. The molecule has 1 amide bonds. The van der Waals surface area contributed by atoms with Gasteiger partial charge in [0, 0.05) is 5.56 Å². The lowest BCUT2D eigenvalue weighted by Crippen LogP contribution is -2.35. The van der Waals surface area contributed by atoms with Crippen molar-refractivity contribution in [3.8, 4) is 0 Å². The minimum atomic E-state index is -1.05. The number of alkyl carbamates (subject to hydrolysis) is 1. The van der Waals surface area contributed by atoms with Crippen molar-refractivity contribution in [3.05, 3.63) is 35.6 Å². The molecule has 98 valence electrons. The Morgan fingerprint density at radius 3 is 2.50 bits per heavy atom. The molecule has 0 spiro atoms. The molecule has 0 saturated heterocycles. The number of carbonyl (C=O) groups is 2. The number of nitrogens with one attached hydrogen (secondary N) is 1. The number of benzene rings is 1. The molecule has 0 heterocycles. The molecule has 0 aromatic heterocycles. The van der Waals surface area contributed by atoms with Gasteiger partial charge < -0.3 is 14.8 Å². The van der Waals surface area contributed by atoms with E-state index in [0.717, 1.165) is 0 Å². The summed E-state index contributed by atoms with van der Waals surface area (Å²) in [5.74, 6) is -0.550. The number of hydrogen-bond donors (Lipinski definition) is 1. The van der Waals surface area contributed by atoms with Crippen LogP contribution < -0.4 is 5.32 Å². The van der Waals surface area contributed by atoms with Crippen LogP contribution in [-0.2, 0) is 9.53 Å². The van der Waals surface area contributed by atoms with Crippen molar-refractivity contribution in [3.63, 3.8) is 0 Å². The Balaban J connectivity index is 2.78. The number of rotatable bonds is 3. The summed E-state index contributed by atoms with van der Waals surface area (Å²) in [4.78, 5) is 22.4. The van der Waals surface area contributed by atoms with Crippen LogP contribution in [0, 0.1) is 5.82 Å². The zero-order valence-corrected chi connectivity index (χ0v) is 10.6. The molecule has 1 unspecified atom stereocenters. The summed E-state index contributed by atoms with van der Waals surface area (Å²) in [5.41, 5.74) is -0.564. The van der Waals surface area contributed by atoms with Crippen LogP contribution in [0.4, 0.5) is 9.18 Å². The van der Waals surface area contributed by atoms with E-state index in [4.69, 9.17) is 4.74 Å². The normalized spacial score (nSPS) is 12.7. The van der Waals surface area contributed by atoms with Gasteiger partial charge in [0.2, 0.25) is 0 Å². The second-order valence-corrected chi connectivity index (χ2v) is 4.78. The first-order valence-corrected chi connectivity index (χ1v) is 5.53. The minimum absolute atomic E-state index is 0.110. The smallest absolute Gasteiger partial charge is 0.408 e. The van der Waals surface area contributed by atoms with Crippen LogP contribution in [0.3, 0.4) is 0 Å². The second-order valence-electron chi connectivity index (χ2n) is 4.78. The van der Waals surface area contributed by atoms with E-state index >= 15 is 0 Å². The van der Waals surface area contributed by atoms with E-state index in [0.29, 0.717) is 6.29 Å². The van der Waals surface area contributed by atoms with Gasteiger partial charge in [-0.15, -0.1) is 0 Å². The highest BCUT2D eigenvalue weighted by atomic mass is 19.1. The molecule has 4 nitrogen and oxygen atoms in total. The predicted molar refractivity (Wildman–Crippen MR) is 64.6 cm³/mol. The van der Waals surface area contributed by atoms with E-state index in [1.165, 1.54) is 18.2 Å². The van der Waals surface area contributed by atoms with Gasteiger partial charge >= 0.3 is 6.09 Å². The highest BCUT2D eigenvalue weighted by Crippen LogP contribution is 2.16. The lowest BCUT2D eigenvalue weighted by molar-refractivity contribution is -0.109. The van der Waals surface area contributed by atoms with E-state index in [9.17, 15) is 14.0 Å². The Bertz CT molecular complexity index is 440. The SMILES string of the molecule is CC(C)(C)OC(=O)NC(C=O)c1ccccc1F. The highest BCUT2D eigenvalue weighted by molar-refractivity contribution is 5.74. The van der Waals surface area contributed by atoms with Crippen LogP contribution in [0.15, 0.2) is 24.3 Å². The lowest BCUT2D eigenvalue weighted by atomic mass is 10.1. The van der Waals surface area contributed by atoms with Gasteiger partial charge in [-0.1, -0.05) is 18.2 Å². The molecule has 0 radical (unpaired) electrons. The molecule has 1 aromatic carbocycles. The molecule has 1 rings (SSSR count). The molecule has 0 aliphatic rings. The molecule has 1 atom stereocenters. The van der Waals surface area contributed by atoms with Crippen LogP contribution >= 0.6 is 0 Å². The first kappa shape index (κ1) is 14.2. The Labute approximate surface area is 105 Å². The molecular formula is C13H16FNO3. The van der Waals surface area contributed by atoms with Crippen LogP contribution in [0.1, 0.15) is 32.4 Å². The third-order valence-electron chi connectivity index (χ3n) is 2.05. The minimum Gasteiger partial charge on any atom is -0.444 e. The van der Waals surface area contributed by atoms with Crippen molar-refractivity contribution in [2.24, 2.45) is 0 Å². The van der Waals surface area contributed by atoms with Crippen LogP contribution in [0.25, 0.3) is 0 Å². The van der Waals surface area contributed by atoms with Crippen LogP contribution in [0.2, 0.25) is 0 Å². The zero-order chi connectivity index (χ0) is 13.8. The molecule has 0 bridgehead atoms. The largest absolute Gasteiger partial charge is 0.444 e. The van der Waals surface area contributed by atoms with Gasteiger partial charge in [0.25, 0.3) is 0 Å². The quantitative estimate of drug-likeness (QED) is 0.842. The summed E-state index contributed by atoms with van der Waals surface area (Å²) in [7, 11) is 0. The fourth-order valence-electron chi connectivity index (χ4n) is 1.35. The number of ether oxygens (including phenoxy) is 1. The molecule has 0 saturated carbocycles. The van der Waals surface area contributed by atoms with Crippen molar-refractivity contribution in [1.29, 1.82) is 0 Å². The molecule has 5 heteroatoms. The Hall–Kier alpha value is -1.91. The maximum absolute atomic E-state index is 13.5. The van der Waals surface area contributed by atoms with E-state index in [1.807, 2.05) is 0 Å². The average Bonchev–Trinajstić information content (AvgIpc) is 2.24. The number of amides is 1. The lowest BCUT2D eigenvalue weighted by Gasteiger charge is -2.21. The zero-order valence-electron chi connectivity index (χ0n) is 10.6. The van der Waals surface area contributed by atoms with Crippen molar-refractivity contribution >= 4 is 12.4 Å². The fraction of sp³-hybridized carbons (Fsp3) is 0.385. The predicted octanol–water partition coefficient (Wildman–Crippen LogP) is 2.59. The first-order chi connectivity index (χ1) is 8.33. The monoisotopic (exact) mass is 253 g/mol. The van der Waals surface area contributed by atoms with Crippen LogP contribution in [-0.4, -0.2) is 18.0 Å². The summed E-state index contributed by atoms with van der Waals surface area (Å²) < 4.78 is 18.5. The fourth-order valence-corrected chi connectivity index (χ4v) is 1.35. The standard InChI is InChI=1S/C13H16FNO3/c1-13(2,3)18-12(17)15-11(8-16)9-6-4-5-7-10(9)14/h4-8,11H,1-3H3,(H,15,17). The van der Waals surface area contributed by atoms with E-state index in [-0.39, 0.29) is 5.56 Å². The number of halogens is 1. The van der Waals surface area contributed by atoms with Crippen molar-refractivity contribution in [2.75, 3.05) is 0 Å². The maximum atomic E-state index is 13.5. The van der Waals surface area contributed by atoms with Gasteiger partial charge in [-0.05, 0) is 26.8 Å². The number of aldehydes is 1. The van der Waals surface area contributed by atoms with Crippen molar-refractivity contribution in [2.45, 2.75) is 32.4 Å². The Kier molecular flexibility index (Phi) is 4.42.